The summed E-state index contributed by atoms with van der Waals surface area (Å²) in [4.78, 5) is 4.45. The van der Waals surface area contributed by atoms with E-state index in [1.807, 2.05) is 24.7 Å². The van der Waals surface area contributed by atoms with E-state index in [9.17, 15) is 4.39 Å². The topological polar surface area (TPSA) is 46.5 Å². The van der Waals surface area contributed by atoms with Crippen molar-refractivity contribution in [3.63, 3.8) is 0 Å². The second-order valence-electron chi connectivity index (χ2n) is 6.10. The number of aromatic nitrogens is 4. The van der Waals surface area contributed by atoms with Gasteiger partial charge >= 0.3 is 0 Å². The summed E-state index contributed by atoms with van der Waals surface area (Å²) in [6.07, 6.45) is 3.74. The van der Waals surface area contributed by atoms with Crippen LogP contribution in [0.3, 0.4) is 0 Å². The van der Waals surface area contributed by atoms with Crippen LogP contribution in [0.15, 0.2) is 55.0 Å². The number of hydrogen-bond donors (Lipinski definition) is 1. The highest BCUT2D eigenvalue weighted by Crippen LogP contribution is 2.32. The van der Waals surface area contributed by atoms with Gasteiger partial charge in [-0.3, -0.25) is 5.10 Å². The standard InChI is InChI=1S/C19H17FN4/c1-12(2)24-11-21-17-8-5-14(9-18(17)24)16-10-22-23-19(16)13-3-6-15(20)7-4-13/h3-12H,1-2H3,(H,22,23). The molecule has 0 radical (unpaired) electrons. The molecule has 4 rings (SSSR count). The van der Waals surface area contributed by atoms with Crippen LogP contribution >= 0.6 is 0 Å². The van der Waals surface area contributed by atoms with Crippen molar-refractivity contribution < 1.29 is 4.39 Å². The van der Waals surface area contributed by atoms with Gasteiger partial charge < -0.3 is 4.57 Å². The number of benzene rings is 2. The Labute approximate surface area is 139 Å². The molecule has 0 unspecified atom stereocenters. The molecule has 5 heteroatoms. The molecule has 0 aliphatic rings. The average Bonchev–Trinajstić information content (AvgIpc) is 3.21. The van der Waals surface area contributed by atoms with E-state index in [-0.39, 0.29) is 5.82 Å². The first-order valence-electron chi connectivity index (χ1n) is 7.90. The Morgan fingerprint density at radius 2 is 1.79 bits per heavy atom. The zero-order chi connectivity index (χ0) is 16.7. The lowest BCUT2D eigenvalue weighted by Crippen LogP contribution is -1.98. The van der Waals surface area contributed by atoms with Gasteiger partial charge in [0.2, 0.25) is 0 Å². The monoisotopic (exact) mass is 320 g/mol. The van der Waals surface area contributed by atoms with Crippen LogP contribution in [0.1, 0.15) is 19.9 Å². The van der Waals surface area contributed by atoms with E-state index in [1.165, 1.54) is 12.1 Å². The average molecular weight is 320 g/mol. The van der Waals surface area contributed by atoms with Gasteiger partial charge in [0.25, 0.3) is 0 Å². The fourth-order valence-corrected chi connectivity index (χ4v) is 2.94. The molecule has 0 saturated heterocycles. The van der Waals surface area contributed by atoms with Gasteiger partial charge in [-0.15, -0.1) is 0 Å². The molecule has 0 bridgehead atoms. The van der Waals surface area contributed by atoms with Gasteiger partial charge in [0.15, 0.2) is 0 Å². The highest BCUT2D eigenvalue weighted by atomic mass is 19.1. The third-order valence-corrected chi connectivity index (χ3v) is 4.20. The number of hydrogen-bond acceptors (Lipinski definition) is 2. The first-order valence-corrected chi connectivity index (χ1v) is 7.90. The molecule has 120 valence electrons. The Morgan fingerprint density at radius 1 is 1.04 bits per heavy atom. The van der Waals surface area contributed by atoms with E-state index in [4.69, 9.17) is 0 Å². The van der Waals surface area contributed by atoms with Crippen LogP contribution in [-0.2, 0) is 0 Å². The van der Waals surface area contributed by atoms with Crippen LogP contribution in [0, 0.1) is 5.82 Å². The fraction of sp³-hybridized carbons (Fsp3) is 0.158. The van der Waals surface area contributed by atoms with Crippen molar-refractivity contribution in [1.29, 1.82) is 0 Å². The lowest BCUT2D eigenvalue weighted by Gasteiger charge is -2.09. The van der Waals surface area contributed by atoms with Crippen molar-refractivity contribution in [2.75, 3.05) is 0 Å². The number of rotatable bonds is 3. The fourth-order valence-electron chi connectivity index (χ4n) is 2.94. The number of aromatic amines is 1. The van der Waals surface area contributed by atoms with Crippen LogP contribution in [0.5, 0.6) is 0 Å². The molecule has 1 N–H and O–H groups in total. The largest absolute Gasteiger partial charge is 0.328 e. The Balaban J connectivity index is 1.85. The first kappa shape index (κ1) is 14.6. The summed E-state index contributed by atoms with van der Waals surface area (Å²) in [5, 5.41) is 7.27. The molecule has 0 fully saturated rings. The van der Waals surface area contributed by atoms with Crippen molar-refractivity contribution in [3.05, 3.63) is 60.8 Å². The summed E-state index contributed by atoms with van der Waals surface area (Å²) in [7, 11) is 0. The Hall–Kier alpha value is -2.95. The number of nitrogens with one attached hydrogen (secondary N) is 1. The van der Waals surface area contributed by atoms with Gasteiger partial charge in [0.05, 0.1) is 23.1 Å². The number of imidazole rings is 1. The molecule has 4 aromatic rings. The maximum Gasteiger partial charge on any atom is 0.123 e. The lowest BCUT2D eigenvalue weighted by molar-refractivity contribution is 0.617. The second kappa shape index (κ2) is 5.60. The normalized spacial score (nSPS) is 11.5. The first-order chi connectivity index (χ1) is 11.6. The SMILES string of the molecule is CC(C)n1cnc2ccc(-c3c[nH]nc3-c3ccc(F)cc3)cc21. The number of H-pyrrole nitrogens is 1. The van der Waals surface area contributed by atoms with E-state index in [0.717, 1.165) is 33.4 Å². The van der Waals surface area contributed by atoms with E-state index in [1.54, 1.807) is 12.1 Å². The molecule has 0 amide bonds. The summed E-state index contributed by atoms with van der Waals surface area (Å²) in [6, 6.07) is 12.9. The molecular formula is C19H17FN4. The van der Waals surface area contributed by atoms with E-state index in [2.05, 4.69) is 39.7 Å². The molecule has 0 aliphatic carbocycles. The number of halogens is 1. The molecular weight excluding hydrogens is 303 g/mol. The summed E-state index contributed by atoms with van der Waals surface area (Å²) in [5.74, 6) is -0.252. The van der Waals surface area contributed by atoms with Crippen LogP contribution in [-0.4, -0.2) is 19.7 Å². The van der Waals surface area contributed by atoms with Crippen molar-refractivity contribution in [1.82, 2.24) is 19.7 Å². The molecule has 24 heavy (non-hydrogen) atoms. The van der Waals surface area contributed by atoms with Crippen LogP contribution < -0.4 is 0 Å². The highest BCUT2D eigenvalue weighted by molar-refractivity contribution is 5.87. The molecule has 0 spiro atoms. The minimum atomic E-state index is -0.252. The molecule has 0 aliphatic heterocycles. The van der Waals surface area contributed by atoms with Crippen LogP contribution in [0.2, 0.25) is 0 Å². The van der Waals surface area contributed by atoms with Crippen molar-refractivity contribution in [3.8, 4) is 22.4 Å². The maximum absolute atomic E-state index is 13.2. The summed E-state index contributed by atoms with van der Waals surface area (Å²) < 4.78 is 15.3. The van der Waals surface area contributed by atoms with E-state index >= 15 is 0 Å². The van der Waals surface area contributed by atoms with Gasteiger partial charge in [0.1, 0.15) is 5.82 Å². The molecule has 4 nitrogen and oxygen atoms in total. The Morgan fingerprint density at radius 3 is 2.54 bits per heavy atom. The van der Waals surface area contributed by atoms with Crippen molar-refractivity contribution in [2.45, 2.75) is 19.9 Å². The predicted octanol–water partition coefficient (Wildman–Crippen LogP) is 4.81. The van der Waals surface area contributed by atoms with Crippen molar-refractivity contribution in [2.24, 2.45) is 0 Å². The van der Waals surface area contributed by atoms with E-state index in [0.29, 0.717) is 6.04 Å². The quantitative estimate of drug-likeness (QED) is 0.588. The summed E-state index contributed by atoms with van der Waals surface area (Å²) in [6.45, 7) is 4.27. The molecule has 2 aromatic heterocycles. The van der Waals surface area contributed by atoms with Gasteiger partial charge in [0, 0.05) is 23.4 Å². The Kier molecular flexibility index (Phi) is 3.41. The lowest BCUT2D eigenvalue weighted by atomic mass is 10.0. The third-order valence-electron chi connectivity index (χ3n) is 4.20. The van der Waals surface area contributed by atoms with E-state index < -0.39 is 0 Å². The molecule has 0 saturated carbocycles. The zero-order valence-electron chi connectivity index (χ0n) is 13.5. The molecule has 2 aromatic carbocycles. The summed E-state index contributed by atoms with van der Waals surface area (Å²) >= 11 is 0. The van der Waals surface area contributed by atoms with Gasteiger partial charge in [-0.05, 0) is 55.8 Å². The van der Waals surface area contributed by atoms with Crippen molar-refractivity contribution >= 4 is 11.0 Å². The third kappa shape index (κ3) is 2.38. The van der Waals surface area contributed by atoms with Crippen LogP contribution in [0.25, 0.3) is 33.4 Å². The minimum absolute atomic E-state index is 0.252. The number of nitrogens with zero attached hydrogens (tertiary/aromatic N) is 3. The van der Waals surface area contributed by atoms with Gasteiger partial charge in [-0.2, -0.15) is 5.10 Å². The summed E-state index contributed by atoms with van der Waals surface area (Å²) in [5.41, 5.74) is 5.79. The molecule has 2 heterocycles. The minimum Gasteiger partial charge on any atom is -0.328 e. The zero-order valence-corrected chi connectivity index (χ0v) is 13.5. The maximum atomic E-state index is 13.2. The smallest absolute Gasteiger partial charge is 0.123 e. The predicted molar refractivity (Wildman–Crippen MR) is 93.1 cm³/mol. The molecule has 0 atom stereocenters. The Bertz CT molecular complexity index is 996. The highest BCUT2D eigenvalue weighted by Gasteiger charge is 2.13. The van der Waals surface area contributed by atoms with Gasteiger partial charge in [-0.1, -0.05) is 6.07 Å². The van der Waals surface area contributed by atoms with Gasteiger partial charge in [-0.25, -0.2) is 9.37 Å². The number of fused-ring (bicyclic) bond motifs is 1. The second-order valence-corrected chi connectivity index (χ2v) is 6.10. The van der Waals surface area contributed by atoms with Crippen LogP contribution in [0.4, 0.5) is 4.39 Å².